The van der Waals surface area contributed by atoms with Crippen molar-refractivity contribution in [2.24, 2.45) is 0 Å². The van der Waals surface area contributed by atoms with E-state index in [-0.39, 0.29) is 24.4 Å². The average Bonchev–Trinajstić information content (AvgIpc) is 3.58. The van der Waals surface area contributed by atoms with Gasteiger partial charge in [0.1, 0.15) is 5.82 Å². The summed E-state index contributed by atoms with van der Waals surface area (Å²) in [5.41, 5.74) is 6.85. The molecule has 6 rings (SSSR count). The van der Waals surface area contributed by atoms with E-state index in [1.54, 1.807) is 19.2 Å². The number of para-hydroxylation sites is 1. The summed E-state index contributed by atoms with van der Waals surface area (Å²) in [6.45, 7) is 4.34. The number of carbonyl (C=O) groups is 1. The number of methoxy groups -OCH3 is 1. The highest BCUT2D eigenvalue weighted by molar-refractivity contribution is 6.02. The fraction of sp³-hybridized carbons (Fsp3) is 0.265. The molecule has 7 nitrogen and oxygen atoms in total. The molecule has 3 aromatic carbocycles. The van der Waals surface area contributed by atoms with Crippen LogP contribution in [0.2, 0.25) is 0 Å². The summed E-state index contributed by atoms with van der Waals surface area (Å²) in [5.74, 6) is 0.655. The van der Waals surface area contributed by atoms with E-state index in [2.05, 4.69) is 14.9 Å². The summed E-state index contributed by atoms with van der Waals surface area (Å²) in [4.78, 5) is 17.2. The third-order valence-electron chi connectivity index (χ3n) is 7.79. The molecular formula is C34H34FN3O4. The van der Waals surface area contributed by atoms with Gasteiger partial charge in [-0.25, -0.2) is 4.39 Å². The van der Waals surface area contributed by atoms with Crippen LogP contribution in [-0.2, 0) is 19.4 Å². The summed E-state index contributed by atoms with van der Waals surface area (Å²) in [6.07, 6.45) is 3.06. The molecular weight excluding hydrogens is 533 g/mol. The minimum atomic E-state index is -0.503. The number of rotatable bonds is 9. The van der Waals surface area contributed by atoms with Crippen LogP contribution in [0.1, 0.15) is 35.3 Å². The minimum absolute atomic E-state index is 0.0454. The number of nitrogens with zero attached hydrogens (tertiary/aromatic N) is 1. The molecule has 1 aliphatic rings. The Labute approximate surface area is 243 Å². The molecule has 216 valence electrons. The number of aliphatic hydroxyl groups is 1. The van der Waals surface area contributed by atoms with Crippen molar-refractivity contribution in [3.05, 3.63) is 95.4 Å². The third kappa shape index (κ3) is 5.14. The lowest BCUT2D eigenvalue weighted by atomic mass is 9.97. The van der Waals surface area contributed by atoms with Gasteiger partial charge in [-0.2, -0.15) is 0 Å². The van der Waals surface area contributed by atoms with Crippen LogP contribution in [0.5, 0.6) is 11.5 Å². The molecule has 1 atom stereocenters. The van der Waals surface area contributed by atoms with Gasteiger partial charge < -0.3 is 29.4 Å². The number of halogens is 1. The van der Waals surface area contributed by atoms with E-state index in [1.807, 2.05) is 62.5 Å². The number of benzene rings is 3. The summed E-state index contributed by atoms with van der Waals surface area (Å²) < 4.78 is 27.7. The number of aryl methyl sites for hydroxylation is 1. The number of hydrogen-bond acceptors (Lipinski definition) is 4. The lowest BCUT2D eigenvalue weighted by Gasteiger charge is -2.24. The zero-order valence-corrected chi connectivity index (χ0v) is 23.9. The first-order valence-corrected chi connectivity index (χ1v) is 14.2. The van der Waals surface area contributed by atoms with Gasteiger partial charge in [0.25, 0.3) is 5.91 Å². The fourth-order valence-corrected chi connectivity index (χ4v) is 5.87. The van der Waals surface area contributed by atoms with E-state index in [0.29, 0.717) is 35.7 Å². The Kier molecular flexibility index (Phi) is 7.47. The number of aliphatic hydroxyl groups excluding tert-OH is 1. The van der Waals surface area contributed by atoms with E-state index in [4.69, 9.17) is 9.47 Å². The Bertz CT molecular complexity index is 1750. The number of ether oxygens (including phenoxy) is 2. The molecule has 0 saturated heterocycles. The Morgan fingerprint density at radius 3 is 2.62 bits per heavy atom. The predicted molar refractivity (Wildman–Crippen MR) is 162 cm³/mol. The molecule has 0 radical (unpaired) electrons. The van der Waals surface area contributed by atoms with E-state index < -0.39 is 6.04 Å². The first-order valence-electron chi connectivity index (χ1n) is 14.2. The molecule has 8 heteroatoms. The average molecular weight is 568 g/mol. The maximum Gasteiger partial charge on any atom is 0.253 e. The van der Waals surface area contributed by atoms with Gasteiger partial charge in [-0.15, -0.1) is 0 Å². The molecule has 0 saturated carbocycles. The zero-order chi connectivity index (χ0) is 29.4. The second-order valence-electron chi connectivity index (χ2n) is 10.9. The van der Waals surface area contributed by atoms with Gasteiger partial charge in [0, 0.05) is 34.9 Å². The Hall–Kier alpha value is -4.56. The van der Waals surface area contributed by atoms with Crippen molar-refractivity contribution in [1.29, 1.82) is 0 Å². The molecule has 2 aromatic heterocycles. The molecule has 0 aliphatic carbocycles. The first kappa shape index (κ1) is 27.6. The highest BCUT2D eigenvalue weighted by atomic mass is 19.1. The van der Waals surface area contributed by atoms with Crippen LogP contribution in [0.15, 0.2) is 72.9 Å². The maximum atomic E-state index is 13.9. The number of aromatic amines is 1. The van der Waals surface area contributed by atoms with E-state index in [9.17, 15) is 14.3 Å². The fourth-order valence-electron chi connectivity index (χ4n) is 5.87. The van der Waals surface area contributed by atoms with Crippen LogP contribution >= 0.6 is 0 Å². The van der Waals surface area contributed by atoms with Crippen molar-refractivity contribution in [1.82, 2.24) is 14.9 Å². The van der Waals surface area contributed by atoms with Gasteiger partial charge in [-0.3, -0.25) is 4.79 Å². The van der Waals surface area contributed by atoms with Gasteiger partial charge in [-0.1, -0.05) is 18.2 Å². The van der Waals surface area contributed by atoms with E-state index in [1.165, 1.54) is 12.1 Å². The van der Waals surface area contributed by atoms with Gasteiger partial charge >= 0.3 is 0 Å². The van der Waals surface area contributed by atoms with Crippen LogP contribution in [-0.4, -0.2) is 46.4 Å². The van der Waals surface area contributed by atoms with Crippen molar-refractivity contribution in [2.75, 3.05) is 13.7 Å². The minimum Gasteiger partial charge on any atom is -0.493 e. The number of carbonyl (C=O) groups excluding carboxylic acids is 1. The number of aromatic nitrogens is 2. The molecule has 3 heterocycles. The van der Waals surface area contributed by atoms with Crippen molar-refractivity contribution in [3.8, 4) is 34.0 Å². The van der Waals surface area contributed by atoms with E-state index >= 15 is 0 Å². The molecule has 5 aromatic rings. The van der Waals surface area contributed by atoms with Crippen LogP contribution < -0.4 is 14.8 Å². The molecule has 0 bridgehead atoms. The SMILES string of the molecule is COc1cc2c(cc1OC(C)C)-c1cc(C(=O)NC(CO)Cc3c[nH]c4ccccc34)c(-c3ccc(F)cc3)n1CC2. The summed E-state index contributed by atoms with van der Waals surface area (Å²) in [6, 6.07) is 19.5. The Morgan fingerprint density at radius 1 is 1.10 bits per heavy atom. The van der Waals surface area contributed by atoms with Gasteiger partial charge in [0.15, 0.2) is 11.5 Å². The summed E-state index contributed by atoms with van der Waals surface area (Å²) >= 11 is 0. The van der Waals surface area contributed by atoms with Crippen molar-refractivity contribution >= 4 is 16.8 Å². The smallest absolute Gasteiger partial charge is 0.253 e. The lowest BCUT2D eigenvalue weighted by Crippen LogP contribution is -2.39. The molecule has 1 unspecified atom stereocenters. The first-order chi connectivity index (χ1) is 20.4. The quantitative estimate of drug-likeness (QED) is 0.200. The highest BCUT2D eigenvalue weighted by Crippen LogP contribution is 2.43. The maximum absolute atomic E-state index is 13.9. The number of hydrogen-bond donors (Lipinski definition) is 3. The molecule has 0 fully saturated rings. The van der Waals surface area contributed by atoms with Crippen LogP contribution in [0, 0.1) is 5.82 Å². The lowest BCUT2D eigenvalue weighted by molar-refractivity contribution is 0.0917. The van der Waals surface area contributed by atoms with Crippen LogP contribution in [0.3, 0.4) is 0 Å². The molecule has 3 N–H and O–H groups in total. The van der Waals surface area contributed by atoms with Crippen molar-refractivity contribution in [2.45, 2.75) is 45.4 Å². The number of fused-ring (bicyclic) bond motifs is 4. The van der Waals surface area contributed by atoms with Gasteiger partial charge in [0.2, 0.25) is 0 Å². The Balaban J connectivity index is 1.40. The largest absolute Gasteiger partial charge is 0.493 e. The standard InChI is InChI=1S/C34H34FN3O4/c1-20(2)42-32-17-27-22(15-31(32)41-3)12-13-38-30(27)16-28(33(38)21-8-10-24(35)11-9-21)34(40)37-25(19-39)14-23-18-36-29-7-5-4-6-26(23)29/h4-11,15-18,20,25,36,39H,12-14,19H2,1-3H3,(H,37,40). The molecule has 1 aliphatic heterocycles. The summed E-state index contributed by atoms with van der Waals surface area (Å²) in [7, 11) is 1.63. The van der Waals surface area contributed by atoms with Gasteiger partial charge in [0.05, 0.1) is 37.1 Å². The monoisotopic (exact) mass is 567 g/mol. The second-order valence-corrected chi connectivity index (χ2v) is 10.9. The van der Waals surface area contributed by atoms with E-state index in [0.717, 1.165) is 45.3 Å². The van der Waals surface area contributed by atoms with Crippen LogP contribution in [0.4, 0.5) is 4.39 Å². The number of H-pyrrole nitrogens is 1. The number of nitrogens with one attached hydrogen (secondary N) is 2. The normalized spacial score (nSPS) is 13.1. The van der Waals surface area contributed by atoms with Crippen molar-refractivity contribution < 1.29 is 23.8 Å². The Morgan fingerprint density at radius 2 is 1.88 bits per heavy atom. The van der Waals surface area contributed by atoms with Gasteiger partial charge in [-0.05, 0) is 91.9 Å². The molecule has 0 spiro atoms. The van der Waals surface area contributed by atoms with Crippen LogP contribution in [0.25, 0.3) is 33.4 Å². The predicted octanol–water partition coefficient (Wildman–Crippen LogP) is 6.13. The summed E-state index contributed by atoms with van der Waals surface area (Å²) in [5, 5.41) is 14.4. The second kappa shape index (κ2) is 11.4. The van der Waals surface area contributed by atoms with Crippen molar-refractivity contribution in [3.63, 3.8) is 0 Å². The topological polar surface area (TPSA) is 88.5 Å². The third-order valence-corrected chi connectivity index (χ3v) is 7.79. The molecule has 42 heavy (non-hydrogen) atoms. The highest BCUT2D eigenvalue weighted by Gasteiger charge is 2.29. The number of amides is 1. The molecule has 1 amide bonds. The zero-order valence-electron chi connectivity index (χ0n) is 23.9.